The van der Waals surface area contributed by atoms with Crippen molar-refractivity contribution in [3.05, 3.63) is 47.5 Å². The molecule has 0 bridgehead atoms. The standard InChI is InChI=1S/C17H20N2O2/c1-11-7-8-18-16(9-11)19-17(20)6-4-13-3-5-15(21-13)14-10-12(14)2/h3,5,7-9,12,14H,4,6,10H2,1-2H3,(H,18,19,20)/t12-,14+/m1/s1. The molecule has 2 aromatic heterocycles. The number of rotatable bonds is 5. The van der Waals surface area contributed by atoms with Gasteiger partial charge in [-0.25, -0.2) is 4.98 Å². The Labute approximate surface area is 124 Å². The van der Waals surface area contributed by atoms with Gasteiger partial charge in [-0.3, -0.25) is 4.79 Å². The van der Waals surface area contributed by atoms with Crippen LogP contribution in [0.3, 0.4) is 0 Å². The predicted octanol–water partition coefficient (Wildman–Crippen LogP) is 3.68. The highest BCUT2D eigenvalue weighted by Crippen LogP contribution is 2.47. The number of aryl methyl sites for hydroxylation is 2. The second-order valence-corrected chi connectivity index (χ2v) is 5.89. The average molecular weight is 284 g/mol. The zero-order chi connectivity index (χ0) is 14.8. The Balaban J connectivity index is 1.50. The summed E-state index contributed by atoms with van der Waals surface area (Å²) >= 11 is 0. The van der Waals surface area contributed by atoms with E-state index in [1.54, 1.807) is 6.20 Å². The molecule has 1 amide bonds. The van der Waals surface area contributed by atoms with Gasteiger partial charge >= 0.3 is 0 Å². The molecule has 0 spiro atoms. The number of furan rings is 1. The Kier molecular flexibility index (Phi) is 3.78. The van der Waals surface area contributed by atoms with Crippen LogP contribution >= 0.6 is 0 Å². The fourth-order valence-electron chi connectivity index (χ4n) is 2.49. The summed E-state index contributed by atoms with van der Waals surface area (Å²) in [4.78, 5) is 16.0. The van der Waals surface area contributed by atoms with Crippen LogP contribution in [0, 0.1) is 12.8 Å². The zero-order valence-corrected chi connectivity index (χ0v) is 12.4. The number of amides is 1. The number of nitrogens with one attached hydrogen (secondary N) is 1. The van der Waals surface area contributed by atoms with Gasteiger partial charge in [0.2, 0.25) is 5.91 Å². The maximum atomic E-state index is 11.9. The lowest BCUT2D eigenvalue weighted by atomic mass is 10.2. The third kappa shape index (κ3) is 3.51. The number of hydrogen-bond donors (Lipinski definition) is 1. The van der Waals surface area contributed by atoms with Gasteiger partial charge in [0.15, 0.2) is 0 Å². The van der Waals surface area contributed by atoms with Gasteiger partial charge in [-0.1, -0.05) is 6.92 Å². The van der Waals surface area contributed by atoms with Crippen molar-refractivity contribution in [2.45, 2.75) is 39.0 Å². The molecule has 1 saturated carbocycles. The number of nitrogens with zero attached hydrogens (tertiary/aromatic N) is 1. The van der Waals surface area contributed by atoms with Gasteiger partial charge in [0.1, 0.15) is 17.3 Å². The van der Waals surface area contributed by atoms with Crippen LogP contribution in [0.4, 0.5) is 5.82 Å². The molecule has 1 aliphatic rings. The largest absolute Gasteiger partial charge is 0.466 e. The van der Waals surface area contributed by atoms with E-state index in [1.165, 1.54) is 6.42 Å². The first-order chi connectivity index (χ1) is 10.1. The van der Waals surface area contributed by atoms with Crippen LogP contribution in [-0.2, 0) is 11.2 Å². The number of carbonyl (C=O) groups excluding carboxylic acids is 1. The first kappa shape index (κ1) is 13.9. The Hall–Kier alpha value is -2.10. The van der Waals surface area contributed by atoms with E-state index in [9.17, 15) is 4.79 Å². The number of hydrogen-bond acceptors (Lipinski definition) is 3. The summed E-state index contributed by atoms with van der Waals surface area (Å²) in [6.07, 6.45) is 3.94. The van der Waals surface area contributed by atoms with Crippen molar-refractivity contribution in [2.24, 2.45) is 5.92 Å². The SMILES string of the molecule is Cc1ccnc(NC(=O)CCc2ccc([C@H]3C[C@H]3C)o2)c1. The summed E-state index contributed by atoms with van der Waals surface area (Å²) in [6, 6.07) is 7.79. The van der Waals surface area contributed by atoms with Crippen molar-refractivity contribution in [1.82, 2.24) is 4.98 Å². The molecule has 2 heterocycles. The zero-order valence-electron chi connectivity index (χ0n) is 12.4. The maximum Gasteiger partial charge on any atom is 0.225 e. The molecule has 0 saturated heterocycles. The first-order valence-corrected chi connectivity index (χ1v) is 7.43. The van der Waals surface area contributed by atoms with Crippen molar-refractivity contribution in [2.75, 3.05) is 5.32 Å². The Morgan fingerprint density at radius 3 is 2.95 bits per heavy atom. The number of pyridine rings is 1. The van der Waals surface area contributed by atoms with Crippen molar-refractivity contribution >= 4 is 11.7 Å². The van der Waals surface area contributed by atoms with E-state index in [0.29, 0.717) is 24.6 Å². The average Bonchev–Trinajstić information content (AvgIpc) is 3.00. The van der Waals surface area contributed by atoms with Crippen LogP contribution in [0.15, 0.2) is 34.9 Å². The third-order valence-electron chi connectivity index (χ3n) is 3.94. The minimum Gasteiger partial charge on any atom is -0.466 e. The summed E-state index contributed by atoms with van der Waals surface area (Å²) in [5.74, 6) is 3.84. The molecular weight excluding hydrogens is 264 g/mol. The van der Waals surface area contributed by atoms with Gasteiger partial charge in [0.05, 0.1) is 0 Å². The lowest BCUT2D eigenvalue weighted by molar-refractivity contribution is -0.116. The molecular formula is C17H20N2O2. The Morgan fingerprint density at radius 2 is 2.24 bits per heavy atom. The van der Waals surface area contributed by atoms with Crippen LogP contribution < -0.4 is 5.32 Å². The van der Waals surface area contributed by atoms with Gasteiger partial charge in [0, 0.05) is 25.0 Å². The van der Waals surface area contributed by atoms with E-state index in [1.807, 2.05) is 31.2 Å². The van der Waals surface area contributed by atoms with E-state index < -0.39 is 0 Å². The Bertz CT molecular complexity index is 648. The second-order valence-electron chi connectivity index (χ2n) is 5.89. The highest BCUT2D eigenvalue weighted by molar-refractivity contribution is 5.89. The quantitative estimate of drug-likeness (QED) is 0.911. The molecule has 4 nitrogen and oxygen atoms in total. The van der Waals surface area contributed by atoms with Crippen LogP contribution in [0.25, 0.3) is 0 Å². The van der Waals surface area contributed by atoms with Crippen LogP contribution in [0.1, 0.15) is 42.8 Å². The fourth-order valence-corrected chi connectivity index (χ4v) is 2.49. The fraction of sp³-hybridized carbons (Fsp3) is 0.412. The van der Waals surface area contributed by atoms with Gasteiger partial charge < -0.3 is 9.73 Å². The number of anilines is 1. The Morgan fingerprint density at radius 1 is 1.43 bits per heavy atom. The highest BCUT2D eigenvalue weighted by atomic mass is 16.3. The van der Waals surface area contributed by atoms with Crippen molar-refractivity contribution < 1.29 is 9.21 Å². The molecule has 2 aromatic rings. The van der Waals surface area contributed by atoms with E-state index in [4.69, 9.17) is 4.42 Å². The van der Waals surface area contributed by atoms with Gasteiger partial charge in [0.25, 0.3) is 0 Å². The summed E-state index contributed by atoms with van der Waals surface area (Å²) in [5, 5.41) is 2.81. The molecule has 21 heavy (non-hydrogen) atoms. The third-order valence-corrected chi connectivity index (χ3v) is 3.94. The molecule has 1 N–H and O–H groups in total. The lowest BCUT2D eigenvalue weighted by Crippen LogP contribution is -2.13. The first-order valence-electron chi connectivity index (χ1n) is 7.43. The number of aromatic nitrogens is 1. The molecule has 110 valence electrons. The van der Waals surface area contributed by atoms with Crippen molar-refractivity contribution in [3.8, 4) is 0 Å². The second kappa shape index (κ2) is 5.72. The summed E-state index contributed by atoms with van der Waals surface area (Å²) in [5.41, 5.74) is 1.08. The molecule has 0 unspecified atom stereocenters. The summed E-state index contributed by atoms with van der Waals surface area (Å²) < 4.78 is 5.80. The van der Waals surface area contributed by atoms with Gasteiger partial charge in [-0.15, -0.1) is 0 Å². The van der Waals surface area contributed by atoms with Crippen molar-refractivity contribution in [3.63, 3.8) is 0 Å². The lowest BCUT2D eigenvalue weighted by Gasteiger charge is -2.04. The van der Waals surface area contributed by atoms with Gasteiger partial charge in [-0.2, -0.15) is 0 Å². The monoisotopic (exact) mass is 284 g/mol. The van der Waals surface area contributed by atoms with Gasteiger partial charge in [-0.05, 0) is 49.1 Å². The number of carbonyl (C=O) groups is 1. The van der Waals surface area contributed by atoms with E-state index in [-0.39, 0.29) is 5.91 Å². The van der Waals surface area contributed by atoms with Crippen LogP contribution in [0.2, 0.25) is 0 Å². The molecule has 0 aromatic carbocycles. The molecule has 0 aliphatic heterocycles. The van der Waals surface area contributed by atoms with Crippen LogP contribution in [0.5, 0.6) is 0 Å². The molecule has 1 aliphatic carbocycles. The van der Waals surface area contributed by atoms with Crippen molar-refractivity contribution in [1.29, 1.82) is 0 Å². The highest BCUT2D eigenvalue weighted by Gasteiger charge is 2.36. The predicted molar refractivity (Wildman–Crippen MR) is 81.2 cm³/mol. The molecule has 4 heteroatoms. The van der Waals surface area contributed by atoms with E-state index in [2.05, 4.69) is 17.2 Å². The topological polar surface area (TPSA) is 55.1 Å². The minimum atomic E-state index is -0.0363. The normalized spacial score (nSPS) is 20.3. The molecule has 3 rings (SSSR count). The maximum absolute atomic E-state index is 11.9. The summed E-state index contributed by atoms with van der Waals surface area (Å²) in [7, 11) is 0. The summed E-state index contributed by atoms with van der Waals surface area (Å²) in [6.45, 7) is 4.20. The van der Waals surface area contributed by atoms with E-state index in [0.717, 1.165) is 23.0 Å². The smallest absolute Gasteiger partial charge is 0.225 e. The van der Waals surface area contributed by atoms with Crippen LogP contribution in [-0.4, -0.2) is 10.9 Å². The minimum absolute atomic E-state index is 0.0363. The molecule has 0 radical (unpaired) electrons. The van der Waals surface area contributed by atoms with E-state index >= 15 is 0 Å². The molecule has 1 fully saturated rings. The molecule has 2 atom stereocenters.